The van der Waals surface area contributed by atoms with E-state index in [1.54, 1.807) is 7.11 Å². The molecule has 0 bridgehead atoms. The lowest BCUT2D eigenvalue weighted by Crippen LogP contribution is -2.37. The molecular formula is C22H32O5. The van der Waals surface area contributed by atoms with Crippen molar-refractivity contribution in [2.24, 2.45) is 0 Å². The van der Waals surface area contributed by atoms with Crippen LogP contribution in [0, 0.1) is 12.3 Å². The van der Waals surface area contributed by atoms with E-state index in [2.05, 4.69) is 18.1 Å². The monoisotopic (exact) mass is 376 g/mol. The van der Waals surface area contributed by atoms with Crippen LogP contribution in [-0.2, 0) is 30.3 Å². The van der Waals surface area contributed by atoms with Gasteiger partial charge in [0, 0.05) is 13.7 Å². The molecule has 3 atom stereocenters. The van der Waals surface area contributed by atoms with Crippen molar-refractivity contribution in [3.63, 3.8) is 0 Å². The van der Waals surface area contributed by atoms with Crippen molar-refractivity contribution in [2.45, 2.75) is 70.2 Å². The van der Waals surface area contributed by atoms with Crippen LogP contribution in [0.1, 0.15) is 45.1 Å². The Hall–Kier alpha value is -1.42. The molecule has 5 heteroatoms. The predicted octanol–water partition coefficient (Wildman–Crippen LogP) is 3.91. The van der Waals surface area contributed by atoms with E-state index < -0.39 is 11.9 Å². The first-order valence-corrected chi connectivity index (χ1v) is 9.59. The Morgan fingerprint density at radius 2 is 1.93 bits per heavy atom. The minimum absolute atomic E-state index is 0.155. The molecule has 2 rings (SSSR count). The molecule has 0 aromatic heterocycles. The van der Waals surface area contributed by atoms with Crippen molar-refractivity contribution >= 4 is 0 Å². The van der Waals surface area contributed by atoms with Gasteiger partial charge in [0.25, 0.3) is 0 Å². The summed E-state index contributed by atoms with van der Waals surface area (Å²) in [4.78, 5) is 0. The highest BCUT2D eigenvalue weighted by Crippen LogP contribution is 2.32. The smallest absolute Gasteiger partial charge is 0.165 e. The van der Waals surface area contributed by atoms with Crippen molar-refractivity contribution in [2.75, 3.05) is 20.5 Å². The van der Waals surface area contributed by atoms with E-state index >= 15 is 0 Å². The Morgan fingerprint density at radius 1 is 1.15 bits per heavy atom. The van der Waals surface area contributed by atoms with Crippen LogP contribution in [0.4, 0.5) is 0 Å². The third-order valence-electron chi connectivity index (χ3n) is 4.45. The van der Waals surface area contributed by atoms with Gasteiger partial charge in [0.05, 0.1) is 12.7 Å². The number of benzene rings is 1. The van der Waals surface area contributed by atoms with Gasteiger partial charge >= 0.3 is 0 Å². The number of hydrogen-bond donors (Lipinski definition) is 0. The quantitative estimate of drug-likeness (QED) is 0.314. The summed E-state index contributed by atoms with van der Waals surface area (Å²) in [6.45, 7) is 5.36. The summed E-state index contributed by atoms with van der Waals surface area (Å²) in [5, 5.41) is 0. The zero-order valence-electron chi connectivity index (χ0n) is 16.7. The number of hydrogen-bond acceptors (Lipinski definition) is 5. The van der Waals surface area contributed by atoms with Crippen molar-refractivity contribution in [1.29, 1.82) is 0 Å². The zero-order chi connectivity index (χ0) is 19.5. The fourth-order valence-corrected chi connectivity index (χ4v) is 3.18. The lowest BCUT2D eigenvalue weighted by Gasteiger charge is -2.25. The summed E-state index contributed by atoms with van der Waals surface area (Å²) < 4.78 is 28.4. The molecule has 5 nitrogen and oxygen atoms in total. The Kier molecular flexibility index (Phi) is 9.26. The minimum atomic E-state index is -0.693. The summed E-state index contributed by atoms with van der Waals surface area (Å²) in [7, 11) is 1.61. The Morgan fingerprint density at radius 3 is 2.63 bits per heavy atom. The molecule has 1 aliphatic rings. The first-order valence-electron chi connectivity index (χ1n) is 9.59. The molecular weight excluding hydrogens is 344 g/mol. The molecule has 0 aliphatic carbocycles. The summed E-state index contributed by atoms with van der Waals surface area (Å²) in [5.74, 6) is 1.98. The van der Waals surface area contributed by atoms with Gasteiger partial charge in [-0.2, -0.15) is 0 Å². The highest BCUT2D eigenvalue weighted by atomic mass is 16.8. The largest absolute Gasteiger partial charge is 0.377 e. The Labute approximate surface area is 163 Å². The minimum Gasteiger partial charge on any atom is -0.377 e. The van der Waals surface area contributed by atoms with Crippen LogP contribution in [0.5, 0.6) is 0 Å². The summed E-state index contributed by atoms with van der Waals surface area (Å²) in [5.41, 5.74) is 1.20. The first kappa shape index (κ1) is 21.9. The number of methoxy groups -OCH3 is 1. The maximum absolute atomic E-state index is 5.99. The molecule has 0 N–H and O–H groups in total. The molecule has 0 spiro atoms. The predicted molar refractivity (Wildman–Crippen MR) is 104 cm³/mol. The third kappa shape index (κ3) is 7.61. The third-order valence-corrected chi connectivity index (χ3v) is 4.45. The molecule has 1 saturated heterocycles. The van der Waals surface area contributed by atoms with E-state index in [4.69, 9.17) is 30.1 Å². The van der Waals surface area contributed by atoms with Gasteiger partial charge in [0.1, 0.15) is 19.0 Å². The average molecular weight is 376 g/mol. The van der Waals surface area contributed by atoms with Crippen molar-refractivity contribution < 1.29 is 23.7 Å². The SMILES string of the molecule is C#C[C@H]1OC(C)(C)O[C@H]1[C@@H](CCCCCOCc1ccccc1)OCOC. The van der Waals surface area contributed by atoms with Crippen molar-refractivity contribution in [3.8, 4) is 12.3 Å². The van der Waals surface area contributed by atoms with E-state index in [1.165, 1.54) is 5.56 Å². The number of terminal acetylenes is 1. The topological polar surface area (TPSA) is 46.2 Å². The molecule has 150 valence electrons. The first-order chi connectivity index (χ1) is 13.1. The summed E-state index contributed by atoms with van der Waals surface area (Å²) in [6, 6.07) is 10.2. The van der Waals surface area contributed by atoms with Gasteiger partial charge in [0.2, 0.25) is 0 Å². The average Bonchev–Trinajstić information content (AvgIpc) is 2.99. The maximum atomic E-state index is 5.99. The van der Waals surface area contributed by atoms with Crippen LogP contribution in [-0.4, -0.2) is 44.6 Å². The number of unbranched alkanes of at least 4 members (excludes halogenated alkanes) is 2. The Balaban J connectivity index is 1.69. The molecule has 27 heavy (non-hydrogen) atoms. The molecule has 0 saturated carbocycles. The van der Waals surface area contributed by atoms with Gasteiger partial charge in [0.15, 0.2) is 5.79 Å². The van der Waals surface area contributed by atoms with Gasteiger partial charge < -0.3 is 23.7 Å². The van der Waals surface area contributed by atoms with Crippen LogP contribution in [0.3, 0.4) is 0 Å². The normalized spacial score (nSPS) is 22.4. The van der Waals surface area contributed by atoms with Gasteiger partial charge in [-0.25, -0.2) is 0 Å². The molecule has 1 fully saturated rings. The summed E-state index contributed by atoms with van der Waals surface area (Å²) >= 11 is 0. The fourth-order valence-electron chi connectivity index (χ4n) is 3.18. The van der Waals surface area contributed by atoms with Crippen molar-refractivity contribution in [1.82, 2.24) is 0 Å². The number of ether oxygens (including phenoxy) is 5. The Bertz CT molecular complexity index is 566. The van der Waals surface area contributed by atoms with Crippen LogP contribution < -0.4 is 0 Å². The molecule has 0 amide bonds. The van der Waals surface area contributed by atoms with E-state index in [0.29, 0.717) is 6.61 Å². The van der Waals surface area contributed by atoms with Crippen LogP contribution in [0.25, 0.3) is 0 Å². The molecule has 1 aromatic carbocycles. The second-order valence-electron chi connectivity index (χ2n) is 7.19. The van der Waals surface area contributed by atoms with Gasteiger partial charge in [-0.05, 0) is 32.3 Å². The molecule has 1 heterocycles. The lowest BCUT2D eigenvalue weighted by molar-refractivity contribution is -0.170. The summed E-state index contributed by atoms with van der Waals surface area (Å²) in [6.07, 6.45) is 8.67. The maximum Gasteiger partial charge on any atom is 0.165 e. The van der Waals surface area contributed by atoms with Gasteiger partial charge in [-0.15, -0.1) is 6.42 Å². The number of rotatable bonds is 12. The van der Waals surface area contributed by atoms with Gasteiger partial charge in [-0.3, -0.25) is 0 Å². The molecule has 1 aromatic rings. The molecule has 0 radical (unpaired) electrons. The molecule has 0 unspecified atom stereocenters. The van der Waals surface area contributed by atoms with Crippen LogP contribution in [0.2, 0.25) is 0 Å². The standard InChI is InChI=1S/C22H32O5/c1-5-19-21(27-22(2,3)26-19)20(25-17-23-4)14-10-7-11-15-24-16-18-12-8-6-9-13-18/h1,6,8-9,12-13,19-21H,7,10-11,14-17H2,2-4H3/t19-,20-,21-/m1/s1. The second kappa shape index (κ2) is 11.4. The highest BCUT2D eigenvalue weighted by Gasteiger charge is 2.44. The molecule has 1 aliphatic heterocycles. The van der Waals surface area contributed by atoms with Crippen molar-refractivity contribution in [3.05, 3.63) is 35.9 Å². The highest BCUT2D eigenvalue weighted by molar-refractivity contribution is 5.13. The zero-order valence-corrected chi connectivity index (χ0v) is 16.7. The van der Waals surface area contributed by atoms with Gasteiger partial charge in [-0.1, -0.05) is 49.1 Å². The van der Waals surface area contributed by atoms with E-state index in [-0.39, 0.29) is 19.0 Å². The van der Waals surface area contributed by atoms with E-state index in [1.807, 2.05) is 32.0 Å². The van der Waals surface area contributed by atoms with E-state index in [9.17, 15) is 0 Å². The van der Waals surface area contributed by atoms with Crippen LogP contribution in [0.15, 0.2) is 30.3 Å². The lowest BCUT2D eigenvalue weighted by atomic mass is 10.0. The van der Waals surface area contributed by atoms with Crippen LogP contribution >= 0.6 is 0 Å². The van der Waals surface area contributed by atoms with E-state index in [0.717, 1.165) is 32.3 Å². The fraction of sp³-hybridized carbons (Fsp3) is 0.636. The second-order valence-corrected chi connectivity index (χ2v) is 7.19.